The van der Waals surface area contributed by atoms with Crippen LogP contribution in [0.4, 0.5) is 5.69 Å². The first-order valence-corrected chi connectivity index (χ1v) is 11.1. The molecule has 3 amide bonds. The predicted molar refractivity (Wildman–Crippen MR) is 114 cm³/mol. The Morgan fingerprint density at radius 3 is 2.26 bits per heavy atom. The topological polar surface area (TPSA) is 92.8 Å². The van der Waals surface area contributed by atoms with Gasteiger partial charge in [-0.3, -0.25) is 19.3 Å². The molecular weight excluding hydrogens is 396 g/mol. The molecule has 1 aromatic rings. The van der Waals surface area contributed by atoms with Gasteiger partial charge < -0.3 is 10.1 Å². The summed E-state index contributed by atoms with van der Waals surface area (Å²) in [5.41, 5.74) is 2.65. The number of likely N-dealkylation sites (tertiary alicyclic amines) is 1. The second-order valence-corrected chi connectivity index (χ2v) is 9.59. The van der Waals surface area contributed by atoms with Gasteiger partial charge in [-0.1, -0.05) is 31.5 Å². The van der Waals surface area contributed by atoms with Crippen LogP contribution in [0.5, 0.6) is 0 Å². The summed E-state index contributed by atoms with van der Waals surface area (Å²) < 4.78 is 5.27. The molecule has 3 fully saturated rings. The van der Waals surface area contributed by atoms with Gasteiger partial charge in [0.1, 0.15) is 6.04 Å². The number of nitrogens with one attached hydrogen (secondary N) is 1. The van der Waals surface area contributed by atoms with Crippen LogP contribution in [0, 0.1) is 43.4 Å². The number of benzene rings is 1. The van der Waals surface area contributed by atoms with E-state index in [0.717, 1.165) is 35.3 Å². The molecule has 4 rings (SSSR count). The zero-order valence-corrected chi connectivity index (χ0v) is 18.5. The summed E-state index contributed by atoms with van der Waals surface area (Å²) in [6.07, 6.45) is 2.90. The molecule has 1 saturated heterocycles. The van der Waals surface area contributed by atoms with Crippen molar-refractivity contribution in [1.29, 1.82) is 0 Å². The summed E-state index contributed by atoms with van der Waals surface area (Å²) in [7, 11) is 0. The van der Waals surface area contributed by atoms with Crippen LogP contribution in [0.3, 0.4) is 0 Å². The van der Waals surface area contributed by atoms with Gasteiger partial charge in [0.2, 0.25) is 11.8 Å². The van der Waals surface area contributed by atoms with Crippen LogP contribution in [0.1, 0.15) is 44.2 Å². The highest BCUT2D eigenvalue weighted by Gasteiger charge is 2.62. The van der Waals surface area contributed by atoms with Crippen molar-refractivity contribution in [2.45, 2.75) is 53.0 Å². The third-order valence-electron chi connectivity index (χ3n) is 7.11. The van der Waals surface area contributed by atoms with Gasteiger partial charge in [0, 0.05) is 5.69 Å². The average molecular weight is 427 g/mol. The lowest BCUT2D eigenvalue weighted by atomic mass is 9.81. The van der Waals surface area contributed by atoms with Gasteiger partial charge in [0.15, 0.2) is 6.61 Å². The van der Waals surface area contributed by atoms with E-state index in [9.17, 15) is 19.2 Å². The van der Waals surface area contributed by atoms with Crippen molar-refractivity contribution in [3.05, 3.63) is 29.3 Å². The van der Waals surface area contributed by atoms with Crippen molar-refractivity contribution in [1.82, 2.24) is 4.90 Å². The van der Waals surface area contributed by atoms with Crippen LogP contribution in [0.25, 0.3) is 0 Å². The molecule has 1 aliphatic heterocycles. The first kappa shape index (κ1) is 21.5. The summed E-state index contributed by atoms with van der Waals surface area (Å²) in [6.45, 7) is 6.95. The first-order valence-electron chi connectivity index (χ1n) is 11.1. The minimum Gasteiger partial charge on any atom is -0.454 e. The number of ether oxygens (including phenoxy) is 1. The molecule has 1 heterocycles. The number of carbonyl (C=O) groups excluding carboxylic acids is 4. The predicted octanol–water partition coefficient (Wildman–Crippen LogP) is 2.84. The number of aryl methyl sites for hydroxylation is 2. The summed E-state index contributed by atoms with van der Waals surface area (Å²) in [5, 5.41) is 2.74. The van der Waals surface area contributed by atoms with Gasteiger partial charge in [-0.2, -0.15) is 0 Å². The van der Waals surface area contributed by atoms with Crippen LogP contribution in [-0.2, 0) is 23.9 Å². The number of hydrogen-bond acceptors (Lipinski definition) is 5. The Kier molecular flexibility index (Phi) is 5.62. The molecule has 3 aliphatic rings. The maximum atomic E-state index is 13.1. The summed E-state index contributed by atoms with van der Waals surface area (Å²) >= 11 is 0. The van der Waals surface area contributed by atoms with E-state index in [-0.39, 0.29) is 41.4 Å². The molecule has 0 spiro atoms. The van der Waals surface area contributed by atoms with Crippen LogP contribution >= 0.6 is 0 Å². The number of esters is 1. The molecule has 166 valence electrons. The molecule has 1 N–H and O–H groups in total. The highest BCUT2D eigenvalue weighted by Crippen LogP contribution is 2.56. The van der Waals surface area contributed by atoms with E-state index in [1.807, 2.05) is 26.0 Å². The third kappa shape index (κ3) is 3.75. The van der Waals surface area contributed by atoms with Crippen molar-refractivity contribution in [3.63, 3.8) is 0 Å². The molecule has 7 heteroatoms. The Labute approximate surface area is 182 Å². The van der Waals surface area contributed by atoms with E-state index in [1.54, 1.807) is 19.9 Å². The molecule has 2 bridgehead atoms. The number of imide groups is 1. The Hall–Kier alpha value is -2.70. The Bertz CT molecular complexity index is 912. The SMILES string of the molecule is Cc1ccc(NC(=O)COC(=O)[C@@H](C(C)C)N2C(=O)[C@@H]3[C@H]4CC[C@@H](C4)[C@@H]3C2=O)c(C)c1. The van der Waals surface area contributed by atoms with Gasteiger partial charge in [-0.25, -0.2) is 4.79 Å². The summed E-state index contributed by atoms with van der Waals surface area (Å²) in [4.78, 5) is 52.5. The average Bonchev–Trinajstić information content (AvgIpc) is 3.38. The van der Waals surface area contributed by atoms with E-state index >= 15 is 0 Å². The quantitative estimate of drug-likeness (QED) is 0.558. The molecule has 1 aromatic carbocycles. The summed E-state index contributed by atoms with van der Waals surface area (Å²) in [5.74, 6) is -2.01. The standard InChI is InChI=1S/C24H30N2O5/c1-12(2)21(26-22(28)19-15-6-7-16(10-15)20(19)23(26)29)24(30)31-11-18(27)25-17-8-5-13(3)9-14(17)4/h5,8-9,12,15-16,19-21H,6-7,10-11H2,1-4H3,(H,25,27)/t15-,16-,19-,20+,21+/m0/s1. The van der Waals surface area contributed by atoms with Gasteiger partial charge in [-0.05, 0) is 62.5 Å². The van der Waals surface area contributed by atoms with E-state index < -0.39 is 24.5 Å². The second kappa shape index (κ2) is 8.09. The lowest BCUT2D eigenvalue weighted by Gasteiger charge is -2.28. The van der Waals surface area contributed by atoms with Crippen LogP contribution in [0.15, 0.2) is 18.2 Å². The van der Waals surface area contributed by atoms with Crippen molar-refractivity contribution in [2.24, 2.45) is 29.6 Å². The number of amides is 3. The molecule has 2 aliphatic carbocycles. The maximum absolute atomic E-state index is 13.1. The fourth-order valence-electron chi connectivity index (χ4n) is 5.74. The van der Waals surface area contributed by atoms with Crippen molar-refractivity contribution >= 4 is 29.4 Å². The van der Waals surface area contributed by atoms with Crippen molar-refractivity contribution in [2.75, 3.05) is 11.9 Å². The zero-order chi connectivity index (χ0) is 22.4. The first-order chi connectivity index (χ1) is 14.7. The van der Waals surface area contributed by atoms with E-state index in [1.165, 1.54) is 0 Å². The second-order valence-electron chi connectivity index (χ2n) is 9.59. The lowest BCUT2D eigenvalue weighted by Crippen LogP contribution is -2.50. The Morgan fingerprint density at radius 1 is 1.10 bits per heavy atom. The third-order valence-corrected chi connectivity index (χ3v) is 7.11. The molecule has 0 unspecified atom stereocenters. The van der Waals surface area contributed by atoms with E-state index in [4.69, 9.17) is 4.74 Å². The number of carbonyl (C=O) groups is 4. The largest absolute Gasteiger partial charge is 0.454 e. The number of fused-ring (bicyclic) bond motifs is 5. The molecule has 31 heavy (non-hydrogen) atoms. The normalized spacial score (nSPS) is 27.6. The van der Waals surface area contributed by atoms with Crippen LogP contribution in [0.2, 0.25) is 0 Å². The highest BCUT2D eigenvalue weighted by atomic mass is 16.5. The van der Waals surface area contributed by atoms with Gasteiger partial charge in [0.05, 0.1) is 11.8 Å². The van der Waals surface area contributed by atoms with Crippen LogP contribution in [-0.4, -0.2) is 41.2 Å². The number of nitrogens with zero attached hydrogens (tertiary/aromatic N) is 1. The van der Waals surface area contributed by atoms with Crippen molar-refractivity contribution in [3.8, 4) is 0 Å². The smallest absolute Gasteiger partial charge is 0.330 e. The van der Waals surface area contributed by atoms with Crippen molar-refractivity contribution < 1.29 is 23.9 Å². The Morgan fingerprint density at radius 2 is 1.71 bits per heavy atom. The van der Waals surface area contributed by atoms with Gasteiger partial charge in [0.25, 0.3) is 5.91 Å². The molecule has 5 atom stereocenters. The number of anilines is 1. The highest BCUT2D eigenvalue weighted by molar-refractivity contribution is 6.08. The minimum atomic E-state index is -1.00. The number of rotatable bonds is 6. The monoisotopic (exact) mass is 426 g/mol. The van der Waals surface area contributed by atoms with Gasteiger partial charge in [-0.15, -0.1) is 0 Å². The zero-order valence-electron chi connectivity index (χ0n) is 18.5. The fourth-order valence-corrected chi connectivity index (χ4v) is 5.74. The summed E-state index contributed by atoms with van der Waals surface area (Å²) in [6, 6.07) is 4.64. The van der Waals surface area contributed by atoms with Crippen LogP contribution < -0.4 is 5.32 Å². The molecular formula is C24H30N2O5. The van der Waals surface area contributed by atoms with Gasteiger partial charge >= 0.3 is 5.97 Å². The van der Waals surface area contributed by atoms with E-state index in [2.05, 4.69) is 5.32 Å². The van der Waals surface area contributed by atoms with E-state index in [0.29, 0.717) is 5.69 Å². The molecule has 0 aromatic heterocycles. The Balaban J connectivity index is 1.42. The maximum Gasteiger partial charge on any atom is 0.330 e. The molecule has 0 radical (unpaired) electrons. The molecule has 7 nitrogen and oxygen atoms in total. The minimum absolute atomic E-state index is 0.238. The number of hydrogen-bond donors (Lipinski definition) is 1. The molecule has 2 saturated carbocycles. The fraction of sp³-hybridized carbons (Fsp3) is 0.583. The lowest BCUT2D eigenvalue weighted by molar-refractivity contribution is -0.162.